The standard InChI is InChI=1S/C19H25NS2/c1-13-9-10-14(2)17(11-13)20-15(3)18(22-19(20)21)12-16-7-5-4-6-8-16/h4-7,12-14,16-17H,3,8-11H2,1-2H3/b18-12-. The van der Waals surface area contributed by atoms with Crippen LogP contribution in [0.5, 0.6) is 0 Å². The Hall–Kier alpha value is -0.930. The molecule has 0 spiro atoms. The predicted molar refractivity (Wildman–Crippen MR) is 100.0 cm³/mol. The van der Waals surface area contributed by atoms with E-state index in [0.717, 1.165) is 21.6 Å². The summed E-state index contributed by atoms with van der Waals surface area (Å²) in [5, 5.41) is 1.13. The molecule has 4 atom stereocenters. The van der Waals surface area contributed by atoms with Crippen LogP contribution in [0.3, 0.4) is 0 Å². The van der Waals surface area contributed by atoms with Gasteiger partial charge in [0.05, 0.1) is 5.35 Å². The van der Waals surface area contributed by atoms with E-state index in [1.54, 1.807) is 11.3 Å². The van der Waals surface area contributed by atoms with Gasteiger partial charge < -0.3 is 4.57 Å². The molecule has 0 aromatic carbocycles. The zero-order valence-corrected chi connectivity index (χ0v) is 15.1. The third-order valence-electron chi connectivity index (χ3n) is 5.10. The van der Waals surface area contributed by atoms with Crippen LogP contribution in [0.4, 0.5) is 0 Å². The second kappa shape index (κ2) is 6.67. The van der Waals surface area contributed by atoms with Crippen LogP contribution in [0.2, 0.25) is 0 Å². The van der Waals surface area contributed by atoms with E-state index >= 15 is 0 Å². The lowest BCUT2D eigenvalue weighted by molar-refractivity contribution is 0.204. The highest BCUT2D eigenvalue weighted by atomic mass is 32.1. The fourth-order valence-corrected chi connectivity index (χ4v) is 5.18. The molecule has 3 heteroatoms. The van der Waals surface area contributed by atoms with Crippen molar-refractivity contribution in [3.63, 3.8) is 0 Å². The minimum absolute atomic E-state index is 0.481. The van der Waals surface area contributed by atoms with Crippen LogP contribution in [0.15, 0.2) is 24.3 Å². The molecule has 1 aromatic heterocycles. The van der Waals surface area contributed by atoms with Crippen LogP contribution in [-0.4, -0.2) is 4.57 Å². The Morgan fingerprint density at radius 1 is 1.32 bits per heavy atom. The maximum absolute atomic E-state index is 5.69. The molecule has 4 unspecified atom stereocenters. The van der Waals surface area contributed by atoms with E-state index < -0.39 is 0 Å². The molecule has 1 aromatic rings. The van der Waals surface area contributed by atoms with Crippen molar-refractivity contribution < 1.29 is 0 Å². The monoisotopic (exact) mass is 331 g/mol. The van der Waals surface area contributed by atoms with E-state index in [9.17, 15) is 0 Å². The quantitative estimate of drug-likeness (QED) is 0.717. The van der Waals surface area contributed by atoms with Crippen LogP contribution in [0, 0.1) is 21.7 Å². The molecule has 118 valence electrons. The number of nitrogens with zero attached hydrogens (tertiary/aromatic N) is 1. The van der Waals surface area contributed by atoms with Crippen molar-refractivity contribution in [1.82, 2.24) is 4.57 Å². The molecule has 0 N–H and O–H groups in total. The van der Waals surface area contributed by atoms with Gasteiger partial charge in [0.15, 0.2) is 3.95 Å². The highest BCUT2D eigenvalue weighted by molar-refractivity contribution is 7.73. The molecular formula is C19H25NS2. The maximum Gasteiger partial charge on any atom is 0.162 e. The van der Waals surface area contributed by atoms with E-state index in [2.05, 4.69) is 55.4 Å². The van der Waals surface area contributed by atoms with Crippen molar-refractivity contribution in [3.8, 4) is 0 Å². The summed E-state index contributed by atoms with van der Waals surface area (Å²) in [7, 11) is 0. The van der Waals surface area contributed by atoms with Crippen molar-refractivity contribution in [2.45, 2.75) is 45.6 Å². The zero-order chi connectivity index (χ0) is 15.7. The van der Waals surface area contributed by atoms with Crippen LogP contribution in [0.1, 0.15) is 45.6 Å². The second-order valence-electron chi connectivity index (χ2n) is 6.89. The van der Waals surface area contributed by atoms with Gasteiger partial charge in [-0.2, -0.15) is 0 Å². The molecule has 1 fully saturated rings. The number of hydrogen-bond acceptors (Lipinski definition) is 2. The van der Waals surface area contributed by atoms with Gasteiger partial charge in [0, 0.05) is 16.5 Å². The minimum Gasteiger partial charge on any atom is -0.320 e. The Morgan fingerprint density at radius 3 is 2.86 bits per heavy atom. The lowest BCUT2D eigenvalue weighted by atomic mass is 9.80. The molecule has 0 saturated heterocycles. The molecule has 0 aliphatic heterocycles. The van der Waals surface area contributed by atoms with Gasteiger partial charge in [0.2, 0.25) is 0 Å². The normalized spacial score (nSPS) is 32.5. The van der Waals surface area contributed by atoms with Crippen LogP contribution < -0.4 is 9.88 Å². The van der Waals surface area contributed by atoms with Crippen LogP contribution in [0.25, 0.3) is 12.7 Å². The largest absolute Gasteiger partial charge is 0.320 e. The van der Waals surface area contributed by atoms with Crippen molar-refractivity contribution in [2.75, 3.05) is 0 Å². The van der Waals surface area contributed by atoms with Gasteiger partial charge in [-0.3, -0.25) is 0 Å². The number of aromatic nitrogens is 1. The van der Waals surface area contributed by atoms with Crippen molar-refractivity contribution in [2.24, 2.45) is 17.8 Å². The number of thiazole rings is 1. The first-order chi connectivity index (χ1) is 10.6. The van der Waals surface area contributed by atoms with E-state index in [4.69, 9.17) is 12.2 Å². The van der Waals surface area contributed by atoms with E-state index in [1.807, 2.05) is 0 Å². The van der Waals surface area contributed by atoms with Gasteiger partial charge in [-0.15, -0.1) is 11.3 Å². The molecule has 0 amide bonds. The van der Waals surface area contributed by atoms with Crippen molar-refractivity contribution in [1.29, 1.82) is 0 Å². The molecule has 0 radical (unpaired) electrons. The lowest BCUT2D eigenvalue weighted by Gasteiger charge is -2.33. The first-order valence-electron chi connectivity index (χ1n) is 8.31. The van der Waals surface area contributed by atoms with Gasteiger partial charge in [0.25, 0.3) is 0 Å². The summed E-state index contributed by atoms with van der Waals surface area (Å²) in [4.78, 5) is 0. The molecule has 2 aliphatic carbocycles. The minimum atomic E-state index is 0.481. The van der Waals surface area contributed by atoms with Crippen LogP contribution in [-0.2, 0) is 0 Å². The van der Waals surface area contributed by atoms with Gasteiger partial charge >= 0.3 is 0 Å². The highest BCUT2D eigenvalue weighted by Gasteiger charge is 2.27. The average Bonchev–Trinajstić information content (AvgIpc) is 2.77. The summed E-state index contributed by atoms with van der Waals surface area (Å²) in [6.45, 7) is 9.11. The Labute approximate surface area is 142 Å². The summed E-state index contributed by atoms with van der Waals surface area (Å²) in [6, 6.07) is 0.531. The van der Waals surface area contributed by atoms with E-state index in [0.29, 0.717) is 17.9 Å². The Bertz CT molecular complexity index is 749. The summed E-state index contributed by atoms with van der Waals surface area (Å²) in [5.41, 5.74) is 0. The van der Waals surface area contributed by atoms with Gasteiger partial charge in [0.1, 0.15) is 0 Å². The molecular weight excluding hydrogens is 306 g/mol. The molecule has 22 heavy (non-hydrogen) atoms. The smallest absolute Gasteiger partial charge is 0.162 e. The van der Waals surface area contributed by atoms with Crippen molar-refractivity contribution >= 4 is 36.2 Å². The Kier molecular flexibility index (Phi) is 4.84. The molecule has 0 bridgehead atoms. The average molecular weight is 332 g/mol. The summed E-state index contributed by atoms with van der Waals surface area (Å²) >= 11 is 7.42. The number of rotatable bonds is 2. The SMILES string of the molecule is C=c1/c(=C/C2C=CC=CC2)sc(=S)n1C1CC(C)CCC1C. The lowest BCUT2D eigenvalue weighted by Crippen LogP contribution is -2.35. The Balaban J connectivity index is 1.98. The second-order valence-corrected chi connectivity index (χ2v) is 8.57. The summed E-state index contributed by atoms with van der Waals surface area (Å²) in [5.74, 6) is 1.97. The molecule has 1 heterocycles. The third-order valence-corrected chi connectivity index (χ3v) is 6.51. The third kappa shape index (κ3) is 3.21. The fraction of sp³-hybridized carbons (Fsp3) is 0.526. The highest BCUT2D eigenvalue weighted by Crippen LogP contribution is 2.36. The number of allylic oxidation sites excluding steroid dienone is 4. The maximum atomic E-state index is 5.69. The summed E-state index contributed by atoms with van der Waals surface area (Å²) in [6.07, 6.45) is 16.1. The van der Waals surface area contributed by atoms with Gasteiger partial charge in [-0.1, -0.05) is 57.2 Å². The molecule has 2 aliphatic rings. The van der Waals surface area contributed by atoms with E-state index in [1.165, 1.54) is 23.8 Å². The first-order valence-corrected chi connectivity index (χ1v) is 9.54. The van der Waals surface area contributed by atoms with Gasteiger partial charge in [-0.05, 0) is 43.3 Å². The molecule has 1 nitrogen and oxygen atoms in total. The summed E-state index contributed by atoms with van der Waals surface area (Å²) < 4.78 is 4.62. The number of hydrogen-bond donors (Lipinski definition) is 0. The van der Waals surface area contributed by atoms with E-state index in [-0.39, 0.29) is 0 Å². The van der Waals surface area contributed by atoms with Gasteiger partial charge in [-0.25, -0.2) is 0 Å². The Morgan fingerprint density at radius 2 is 2.14 bits per heavy atom. The first kappa shape index (κ1) is 15.9. The predicted octanol–water partition coefficient (Wildman–Crippen LogP) is 4.60. The van der Waals surface area contributed by atoms with Crippen LogP contribution >= 0.6 is 23.6 Å². The topological polar surface area (TPSA) is 4.93 Å². The zero-order valence-electron chi connectivity index (χ0n) is 13.5. The van der Waals surface area contributed by atoms with Crippen molar-refractivity contribution in [3.05, 3.63) is 38.1 Å². The molecule has 1 saturated carbocycles. The fourth-order valence-electron chi connectivity index (χ4n) is 3.68. The molecule has 3 rings (SSSR count).